The number of hydrogen-bond acceptors (Lipinski definition) is 2. The molecule has 7 rings (SSSR count). The molecule has 2 aliphatic rings. The van der Waals surface area contributed by atoms with Crippen LogP contribution in [-0.2, 0) is 7.05 Å². The maximum atomic E-state index is 9.78. The Bertz CT molecular complexity index is 1870. The van der Waals surface area contributed by atoms with Gasteiger partial charge in [0.1, 0.15) is 19.2 Å². The van der Waals surface area contributed by atoms with E-state index in [0.717, 1.165) is 11.3 Å². The monoisotopic (exact) mass is 502 g/mol. The predicted octanol–water partition coefficient (Wildman–Crippen LogP) is 6.29. The van der Waals surface area contributed by atoms with Gasteiger partial charge < -0.3 is 0 Å². The fourth-order valence-electron chi connectivity index (χ4n) is 6.51. The van der Waals surface area contributed by atoms with Gasteiger partial charge in [-0.15, -0.1) is 0 Å². The Morgan fingerprint density at radius 1 is 0.641 bits per heavy atom. The van der Waals surface area contributed by atoms with E-state index in [2.05, 4.69) is 120 Å². The number of benzene rings is 3. The normalized spacial score (nSPS) is 18.2. The molecular weight excluding hydrogens is 476 g/mol. The molecule has 2 aromatic heterocycles. The van der Waals surface area contributed by atoms with Gasteiger partial charge in [-0.3, -0.25) is 0 Å². The van der Waals surface area contributed by atoms with E-state index >= 15 is 0 Å². The molecule has 5 aromatic rings. The molecule has 1 saturated carbocycles. The number of pyridine rings is 2. The van der Waals surface area contributed by atoms with Crippen LogP contribution in [0.2, 0.25) is 0 Å². The molecule has 3 heterocycles. The first-order valence-corrected chi connectivity index (χ1v) is 13.2. The van der Waals surface area contributed by atoms with Crippen LogP contribution in [0.4, 0.5) is 0 Å². The number of aromatic nitrogens is 2. The van der Waals surface area contributed by atoms with E-state index in [1.165, 1.54) is 39.1 Å². The van der Waals surface area contributed by atoms with Crippen LogP contribution in [-0.4, -0.2) is 0 Å². The fourth-order valence-corrected chi connectivity index (χ4v) is 6.51. The molecule has 1 aliphatic heterocycles. The third-order valence-corrected chi connectivity index (χ3v) is 8.33. The molecule has 4 heteroatoms. The van der Waals surface area contributed by atoms with Crippen molar-refractivity contribution >= 4 is 0 Å². The summed E-state index contributed by atoms with van der Waals surface area (Å²) in [6.07, 6.45) is 4.43. The number of nitriles is 2. The van der Waals surface area contributed by atoms with Gasteiger partial charge in [-0.2, -0.15) is 15.1 Å². The van der Waals surface area contributed by atoms with Gasteiger partial charge in [0.15, 0.2) is 18.4 Å². The Labute approximate surface area is 228 Å². The second-order valence-corrected chi connectivity index (χ2v) is 10.6. The average Bonchev–Trinajstić information content (AvgIpc) is 3.73. The molecule has 39 heavy (non-hydrogen) atoms. The third-order valence-electron chi connectivity index (χ3n) is 8.33. The SMILES string of the molecule is Cc1ccc2[n+](c1)C1C(c3ccccc3-c3ccc(-c4ccccc4)c[n+]3C)C1c1cc(C#N)c(C#N)cc1-2. The molecular formula is C35H26N4+2. The predicted molar refractivity (Wildman–Crippen MR) is 149 cm³/mol. The average molecular weight is 503 g/mol. The van der Waals surface area contributed by atoms with Crippen LogP contribution in [0.3, 0.4) is 0 Å². The van der Waals surface area contributed by atoms with Crippen LogP contribution in [0.5, 0.6) is 0 Å². The fraction of sp³-hybridized carbons (Fsp3) is 0.143. The number of fused-ring (bicyclic) bond motifs is 6. The minimum absolute atomic E-state index is 0.245. The minimum Gasteiger partial charge on any atom is -0.200 e. The molecule has 1 aliphatic carbocycles. The molecule has 4 nitrogen and oxygen atoms in total. The van der Waals surface area contributed by atoms with Crippen LogP contribution < -0.4 is 9.13 Å². The van der Waals surface area contributed by atoms with Crippen molar-refractivity contribution in [2.45, 2.75) is 24.8 Å². The van der Waals surface area contributed by atoms with Crippen molar-refractivity contribution in [2.24, 2.45) is 7.05 Å². The lowest BCUT2D eigenvalue weighted by Crippen LogP contribution is -2.38. The molecule has 0 amide bonds. The van der Waals surface area contributed by atoms with Gasteiger partial charge in [0.05, 0.1) is 28.5 Å². The summed E-state index contributed by atoms with van der Waals surface area (Å²) < 4.78 is 4.62. The maximum Gasteiger partial charge on any atom is 0.213 e. The Morgan fingerprint density at radius 2 is 1.33 bits per heavy atom. The van der Waals surface area contributed by atoms with E-state index in [1.807, 2.05) is 18.2 Å². The summed E-state index contributed by atoms with van der Waals surface area (Å²) in [5, 5.41) is 19.5. The summed E-state index contributed by atoms with van der Waals surface area (Å²) in [4.78, 5) is 0. The lowest BCUT2D eigenvalue weighted by atomic mass is 9.90. The summed E-state index contributed by atoms with van der Waals surface area (Å²) in [6.45, 7) is 2.12. The summed E-state index contributed by atoms with van der Waals surface area (Å²) in [7, 11) is 2.11. The number of nitrogens with zero attached hydrogens (tertiary/aromatic N) is 4. The first kappa shape index (κ1) is 23.1. The molecule has 3 aromatic carbocycles. The summed E-state index contributed by atoms with van der Waals surface area (Å²) >= 11 is 0. The number of hydrogen-bond donors (Lipinski definition) is 0. The molecule has 0 bridgehead atoms. The lowest BCUT2D eigenvalue weighted by molar-refractivity contribution is -0.693. The number of aryl methyl sites for hydroxylation is 2. The van der Waals surface area contributed by atoms with Crippen molar-refractivity contribution in [3.63, 3.8) is 0 Å². The van der Waals surface area contributed by atoms with Crippen LogP contribution in [0.1, 0.15) is 45.7 Å². The van der Waals surface area contributed by atoms with Gasteiger partial charge >= 0.3 is 0 Å². The Balaban J connectivity index is 1.37. The van der Waals surface area contributed by atoms with E-state index in [0.29, 0.717) is 11.1 Å². The smallest absolute Gasteiger partial charge is 0.200 e. The van der Waals surface area contributed by atoms with E-state index in [4.69, 9.17) is 0 Å². The zero-order valence-electron chi connectivity index (χ0n) is 21.8. The van der Waals surface area contributed by atoms with Crippen molar-refractivity contribution in [1.29, 1.82) is 10.5 Å². The van der Waals surface area contributed by atoms with Gasteiger partial charge in [-0.1, -0.05) is 48.5 Å². The second-order valence-electron chi connectivity index (χ2n) is 10.6. The maximum absolute atomic E-state index is 9.78. The highest BCUT2D eigenvalue weighted by Crippen LogP contribution is 2.66. The molecule has 1 fully saturated rings. The Hall–Kier alpha value is -5.06. The summed E-state index contributed by atoms with van der Waals surface area (Å²) in [6, 6.07) is 36.5. The van der Waals surface area contributed by atoms with Crippen molar-refractivity contribution in [1.82, 2.24) is 0 Å². The highest BCUT2D eigenvalue weighted by molar-refractivity contribution is 5.73. The highest BCUT2D eigenvalue weighted by Gasteiger charge is 2.64. The van der Waals surface area contributed by atoms with Crippen LogP contribution in [0, 0.1) is 29.6 Å². The van der Waals surface area contributed by atoms with Crippen LogP contribution in [0.15, 0.2) is 103 Å². The first-order valence-electron chi connectivity index (χ1n) is 13.2. The largest absolute Gasteiger partial charge is 0.213 e. The van der Waals surface area contributed by atoms with Gasteiger partial charge in [-0.05, 0) is 53.9 Å². The molecule has 0 saturated heterocycles. The van der Waals surface area contributed by atoms with Gasteiger partial charge in [-0.25, -0.2) is 4.57 Å². The van der Waals surface area contributed by atoms with Crippen molar-refractivity contribution < 1.29 is 9.13 Å². The third kappa shape index (κ3) is 3.57. The first-order chi connectivity index (χ1) is 19.1. The molecule has 3 atom stereocenters. The van der Waals surface area contributed by atoms with E-state index in [-0.39, 0.29) is 17.9 Å². The summed E-state index contributed by atoms with van der Waals surface area (Å²) in [5.74, 6) is 0.510. The van der Waals surface area contributed by atoms with E-state index < -0.39 is 0 Å². The van der Waals surface area contributed by atoms with Crippen molar-refractivity contribution in [2.75, 3.05) is 0 Å². The second kappa shape index (κ2) is 8.76. The lowest BCUT2D eigenvalue weighted by Gasteiger charge is -2.15. The van der Waals surface area contributed by atoms with Gasteiger partial charge in [0.25, 0.3) is 0 Å². The summed E-state index contributed by atoms with van der Waals surface area (Å²) in [5.41, 5.74) is 11.5. The standard InChI is InChI=1S/C35H26N4/c1-22-12-14-32-29-16-25(18-36)26(19-37)17-30(29)34-33(35(34)39(32)20-22)28-11-7-6-10-27(28)31-15-13-24(21-38(31)2)23-8-4-3-5-9-23/h3-17,20-21,33-35H,1-2H3/q+2. The van der Waals surface area contributed by atoms with Crippen molar-refractivity contribution in [3.8, 4) is 45.8 Å². The molecule has 0 N–H and O–H groups in total. The Kier molecular flexibility index (Phi) is 5.18. The Morgan fingerprint density at radius 3 is 2.10 bits per heavy atom. The minimum atomic E-state index is 0.245. The molecule has 0 radical (unpaired) electrons. The quantitative estimate of drug-likeness (QED) is 0.272. The zero-order valence-corrected chi connectivity index (χ0v) is 21.8. The molecule has 0 spiro atoms. The topological polar surface area (TPSA) is 55.3 Å². The molecule has 184 valence electrons. The van der Waals surface area contributed by atoms with Crippen LogP contribution in [0.25, 0.3) is 33.6 Å². The zero-order chi connectivity index (χ0) is 26.7. The van der Waals surface area contributed by atoms with Crippen molar-refractivity contribution in [3.05, 3.63) is 131 Å². The van der Waals surface area contributed by atoms with E-state index in [1.54, 1.807) is 0 Å². The highest BCUT2D eigenvalue weighted by atomic mass is 15.1. The van der Waals surface area contributed by atoms with Gasteiger partial charge in [0, 0.05) is 28.8 Å². The van der Waals surface area contributed by atoms with Crippen LogP contribution >= 0.6 is 0 Å². The van der Waals surface area contributed by atoms with Gasteiger partial charge in [0.2, 0.25) is 11.4 Å². The van der Waals surface area contributed by atoms with E-state index in [9.17, 15) is 10.5 Å². The number of rotatable bonds is 3. The molecule has 3 unspecified atom stereocenters.